The molecule has 38 heavy (non-hydrogen) atoms. The first kappa shape index (κ1) is 25.7. The van der Waals surface area contributed by atoms with E-state index in [2.05, 4.69) is 5.32 Å². The van der Waals surface area contributed by atoms with E-state index in [0.29, 0.717) is 17.9 Å². The Balaban J connectivity index is 1.29. The summed E-state index contributed by atoms with van der Waals surface area (Å²) in [6.45, 7) is 1.58. The summed E-state index contributed by atoms with van der Waals surface area (Å²) in [6.07, 6.45) is 1.25. The van der Waals surface area contributed by atoms with Crippen molar-refractivity contribution in [2.45, 2.75) is 49.3 Å². The maximum absolute atomic E-state index is 13.5. The molecule has 202 valence electrons. The van der Waals surface area contributed by atoms with Crippen LogP contribution < -0.4 is 24.3 Å². The summed E-state index contributed by atoms with van der Waals surface area (Å²) < 4.78 is 43.5. The number of amides is 2. The molecule has 1 aromatic heterocycles. The van der Waals surface area contributed by atoms with Crippen LogP contribution in [0.1, 0.15) is 26.2 Å². The van der Waals surface area contributed by atoms with Crippen LogP contribution in [-0.2, 0) is 19.6 Å². The maximum atomic E-state index is 13.5. The topological polar surface area (TPSA) is 158 Å². The van der Waals surface area contributed by atoms with E-state index in [4.69, 9.17) is 14.2 Å². The highest BCUT2D eigenvalue weighted by Gasteiger charge is 2.55. The Morgan fingerprint density at radius 1 is 1.24 bits per heavy atom. The molecule has 4 heterocycles. The molecule has 1 N–H and O–H groups in total. The first-order valence-electron chi connectivity index (χ1n) is 12.1. The van der Waals surface area contributed by atoms with E-state index in [9.17, 15) is 28.0 Å². The van der Waals surface area contributed by atoms with Crippen LogP contribution in [-0.4, -0.2) is 73.4 Å². The van der Waals surface area contributed by atoms with Crippen molar-refractivity contribution in [2.24, 2.45) is 0 Å². The number of pyridine rings is 1. The zero-order valence-corrected chi connectivity index (χ0v) is 21.3. The molecule has 3 aliphatic heterocycles. The number of sulfonamides is 1. The van der Waals surface area contributed by atoms with Crippen molar-refractivity contribution in [2.75, 3.05) is 19.9 Å². The summed E-state index contributed by atoms with van der Waals surface area (Å²) in [5.41, 5.74) is 0. The monoisotopic (exact) mass is 546 g/mol. The molecule has 2 fully saturated rings. The van der Waals surface area contributed by atoms with E-state index in [-0.39, 0.29) is 36.7 Å². The van der Waals surface area contributed by atoms with Gasteiger partial charge in [0.15, 0.2) is 23.5 Å². The normalized spacial score (nSPS) is 21.3. The van der Waals surface area contributed by atoms with Gasteiger partial charge in [-0.2, -0.15) is 9.04 Å². The molecular weight excluding hydrogens is 520 g/mol. The number of aromatic nitrogens is 1. The summed E-state index contributed by atoms with van der Waals surface area (Å²) in [7, 11) is -4.28. The van der Waals surface area contributed by atoms with Crippen LogP contribution in [0.4, 0.5) is 4.79 Å². The van der Waals surface area contributed by atoms with Gasteiger partial charge in [-0.3, -0.25) is 9.59 Å². The smallest absolute Gasteiger partial charge is 0.413 e. The van der Waals surface area contributed by atoms with Crippen molar-refractivity contribution in [1.82, 2.24) is 14.5 Å². The van der Waals surface area contributed by atoms with Crippen LogP contribution in [0.25, 0.3) is 0 Å². The van der Waals surface area contributed by atoms with Gasteiger partial charge in [-0.05, 0) is 31.0 Å². The molecule has 2 saturated heterocycles. The van der Waals surface area contributed by atoms with Gasteiger partial charge in [0, 0.05) is 24.7 Å². The van der Waals surface area contributed by atoms with Crippen LogP contribution >= 0.6 is 0 Å². The Hall–Kier alpha value is -3.91. The highest BCUT2D eigenvalue weighted by atomic mass is 32.2. The summed E-state index contributed by atoms with van der Waals surface area (Å²) in [4.78, 5) is 40.4. The van der Waals surface area contributed by atoms with Crippen LogP contribution in [0.5, 0.6) is 17.2 Å². The number of fused-ring (bicyclic) bond motifs is 2. The second-order valence-corrected chi connectivity index (χ2v) is 10.9. The van der Waals surface area contributed by atoms with E-state index < -0.39 is 57.5 Å². The first-order valence-corrected chi connectivity index (χ1v) is 13.6. The molecule has 0 bridgehead atoms. The van der Waals surface area contributed by atoms with Gasteiger partial charge in [0.2, 0.25) is 12.7 Å². The van der Waals surface area contributed by atoms with Crippen LogP contribution in [0, 0.1) is 5.21 Å². The number of rotatable bonds is 7. The van der Waals surface area contributed by atoms with Gasteiger partial charge in [-0.1, -0.05) is 13.3 Å². The number of ketones is 1. The van der Waals surface area contributed by atoms with Crippen molar-refractivity contribution < 1.29 is 41.7 Å². The van der Waals surface area contributed by atoms with Gasteiger partial charge in [0.1, 0.15) is 17.8 Å². The minimum Gasteiger partial charge on any atom is -0.618 e. The fraction of sp³-hybridized carbons (Fsp3) is 0.417. The zero-order chi connectivity index (χ0) is 27.0. The molecule has 3 aliphatic rings. The fourth-order valence-electron chi connectivity index (χ4n) is 5.04. The number of ether oxygens (including phenoxy) is 3. The quantitative estimate of drug-likeness (QED) is 0.387. The lowest BCUT2D eigenvalue weighted by atomic mass is 10.1. The summed E-state index contributed by atoms with van der Waals surface area (Å²) in [6, 6.07) is 5.81. The molecule has 0 spiro atoms. The average molecular weight is 547 g/mol. The van der Waals surface area contributed by atoms with E-state index in [1.165, 1.54) is 35.2 Å². The predicted molar refractivity (Wildman–Crippen MR) is 129 cm³/mol. The number of Topliss-reactive ketones (excluding diaryl/α,β-unsaturated/α-hetero) is 1. The molecule has 2 amide bonds. The lowest BCUT2D eigenvalue weighted by molar-refractivity contribution is -0.646. The number of carbonyl (C=O) groups excluding carboxylic acids is 3. The van der Waals surface area contributed by atoms with Gasteiger partial charge in [0.25, 0.3) is 0 Å². The maximum Gasteiger partial charge on any atom is 0.413 e. The molecule has 0 aliphatic carbocycles. The number of hydrogen-bond donors (Lipinski definition) is 1. The van der Waals surface area contributed by atoms with E-state index in [0.717, 1.165) is 10.5 Å². The summed E-state index contributed by atoms with van der Waals surface area (Å²) in [5.74, 6) is 0.190. The third-order valence-electron chi connectivity index (χ3n) is 6.74. The van der Waals surface area contributed by atoms with Crippen LogP contribution in [0.15, 0.2) is 47.6 Å². The largest absolute Gasteiger partial charge is 0.618 e. The molecule has 3 unspecified atom stereocenters. The summed E-state index contributed by atoms with van der Waals surface area (Å²) in [5, 5.41) is 14.2. The lowest BCUT2D eigenvalue weighted by Gasteiger charge is -2.27. The van der Waals surface area contributed by atoms with Crippen molar-refractivity contribution in [3.05, 3.63) is 47.8 Å². The second kappa shape index (κ2) is 10.1. The Morgan fingerprint density at radius 2 is 2.03 bits per heavy atom. The van der Waals surface area contributed by atoms with Crippen LogP contribution in [0.3, 0.4) is 0 Å². The number of likely N-dealkylation sites (tertiary alicyclic amines) is 1. The summed E-state index contributed by atoms with van der Waals surface area (Å²) >= 11 is 0. The SMILES string of the molecule is CCCC(NC(=O)Oc1ccc2c(c1)OCO2)C(=O)N1CCC2C1C(=O)CN2S(=O)(=O)c1cccc[n+]1[O-]. The molecule has 3 atom stereocenters. The fourth-order valence-corrected chi connectivity index (χ4v) is 6.69. The molecule has 0 saturated carbocycles. The number of benzene rings is 1. The number of hydrogen-bond acceptors (Lipinski definition) is 9. The van der Waals surface area contributed by atoms with Crippen LogP contribution in [0.2, 0.25) is 0 Å². The van der Waals surface area contributed by atoms with E-state index in [1.54, 1.807) is 6.07 Å². The number of nitrogens with zero attached hydrogens (tertiary/aromatic N) is 3. The standard InChI is InChI=1S/C24H26N4O9S/c1-2-5-16(25-24(31)37-15-7-8-19-20(12-15)36-14-35-19)23(30)26-11-9-17-22(26)18(29)13-28(17)38(33,34)21-6-3-4-10-27(21)32/h3-4,6-8,10,12,16-17,22H,2,5,9,11,13-14H2,1H3,(H,25,31). The minimum absolute atomic E-state index is 0.0652. The van der Waals surface area contributed by atoms with Gasteiger partial charge in [0.05, 0.1) is 12.6 Å². The molecule has 0 radical (unpaired) electrons. The Bertz CT molecular complexity index is 1380. The van der Waals surface area contributed by atoms with E-state index >= 15 is 0 Å². The molecule has 14 heteroatoms. The molecule has 2 aromatic rings. The lowest BCUT2D eigenvalue weighted by Crippen LogP contribution is -2.53. The van der Waals surface area contributed by atoms with Gasteiger partial charge in [-0.15, -0.1) is 0 Å². The minimum atomic E-state index is -4.28. The number of carbonyl (C=O) groups is 3. The molecule has 13 nitrogen and oxygen atoms in total. The Kier molecular flexibility index (Phi) is 6.84. The third-order valence-corrected chi connectivity index (χ3v) is 8.61. The van der Waals surface area contributed by atoms with Gasteiger partial charge >= 0.3 is 21.1 Å². The van der Waals surface area contributed by atoms with Gasteiger partial charge in [-0.25, -0.2) is 13.2 Å². The molecule has 5 rings (SSSR count). The highest BCUT2D eigenvalue weighted by molar-refractivity contribution is 7.89. The van der Waals surface area contributed by atoms with Crippen molar-refractivity contribution >= 4 is 27.8 Å². The van der Waals surface area contributed by atoms with Gasteiger partial charge < -0.3 is 29.6 Å². The van der Waals surface area contributed by atoms with Crippen molar-refractivity contribution in [1.29, 1.82) is 0 Å². The zero-order valence-electron chi connectivity index (χ0n) is 20.4. The van der Waals surface area contributed by atoms with Crippen molar-refractivity contribution in [3.8, 4) is 17.2 Å². The Labute approximate surface area is 218 Å². The first-order chi connectivity index (χ1) is 18.2. The predicted octanol–water partition coefficient (Wildman–Crippen LogP) is 0.549. The molecule has 1 aromatic carbocycles. The third kappa shape index (κ3) is 4.60. The second-order valence-electron chi connectivity index (χ2n) is 9.10. The molecular formula is C24H26N4O9S. The Morgan fingerprint density at radius 3 is 2.79 bits per heavy atom. The van der Waals surface area contributed by atoms with Crippen molar-refractivity contribution in [3.63, 3.8) is 0 Å². The van der Waals surface area contributed by atoms with E-state index in [1.807, 2.05) is 6.92 Å². The highest BCUT2D eigenvalue weighted by Crippen LogP contribution is 2.36. The number of nitrogens with one attached hydrogen (secondary N) is 1. The average Bonchev–Trinajstić information content (AvgIpc) is 3.60.